The van der Waals surface area contributed by atoms with E-state index in [1.807, 2.05) is 30.3 Å². The van der Waals surface area contributed by atoms with Crippen molar-refractivity contribution >= 4 is 5.69 Å². The van der Waals surface area contributed by atoms with Gasteiger partial charge in [0.25, 0.3) is 0 Å². The molecule has 1 aromatic carbocycles. The van der Waals surface area contributed by atoms with E-state index < -0.39 is 0 Å². The molecule has 1 aromatic rings. The van der Waals surface area contributed by atoms with Gasteiger partial charge < -0.3 is 15.3 Å². The van der Waals surface area contributed by atoms with Crippen LogP contribution in [0.3, 0.4) is 0 Å². The number of hydrogen-bond donors (Lipinski definition) is 2. The molecule has 1 saturated heterocycles. The van der Waals surface area contributed by atoms with E-state index in [4.69, 9.17) is 0 Å². The summed E-state index contributed by atoms with van der Waals surface area (Å²) in [6, 6.07) is 10.0. The van der Waals surface area contributed by atoms with Crippen molar-refractivity contribution in [3.05, 3.63) is 30.3 Å². The third-order valence-electron chi connectivity index (χ3n) is 3.23. The second-order valence-electron chi connectivity index (χ2n) is 4.76. The van der Waals surface area contributed by atoms with E-state index in [1.54, 1.807) is 0 Å². The molecular weight excluding hydrogens is 212 g/mol. The Morgan fingerprint density at radius 2 is 1.82 bits per heavy atom. The van der Waals surface area contributed by atoms with Crippen LogP contribution in [0, 0.1) is 0 Å². The molecule has 3 nitrogen and oxygen atoms in total. The largest absolute Gasteiger partial charge is 0.390 e. The molecule has 2 N–H and O–H groups in total. The first-order chi connectivity index (χ1) is 8.34. The topological polar surface area (TPSA) is 35.5 Å². The van der Waals surface area contributed by atoms with Crippen LogP contribution < -0.4 is 5.32 Å². The molecule has 0 unspecified atom stereocenters. The first-order valence-electron chi connectivity index (χ1n) is 6.54. The molecule has 0 aliphatic carbocycles. The summed E-state index contributed by atoms with van der Waals surface area (Å²) >= 11 is 0. The molecule has 3 heteroatoms. The van der Waals surface area contributed by atoms with Crippen LogP contribution in [-0.2, 0) is 0 Å². The molecule has 0 spiro atoms. The third kappa shape index (κ3) is 4.36. The Morgan fingerprint density at radius 3 is 2.53 bits per heavy atom. The quantitative estimate of drug-likeness (QED) is 0.817. The van der Waals surface area contributed by atoms with Gasteiger partial charge in [0.2, 0.25) is 0 Å². The number of para-hydroxylation sites is 1. The molecule has 1 fully saturated rings. The fourth-order valence-corrected chi connectivity index (χ4v) is 2.30. The van der Waals surface area contributed by atoms with Gasteiger partial charge in [-0.25, -0.2) is 0 Å². The van der Waals surface area contributed by atoms with Crippen LogP contribution in [0.4, 0.5) is 5.69 Å². The van der Waals surface area contributed by atoms with E-state index in [0.717, 1.165) is 25.3 Å². The first-order valence-corrected chi connectivity index (χ1v) is 6.54. The Balaban J connectivity index is 1.68. The van der Waals surface area contributed by atoms with Crippen LogP contribution in [-0.4, -0.2) is 42.3 Å². The molecule has 1 atom stereocenters. The molecule has 2 rings (SSSR count). The fraction of sp³-hybridized carbons (Fsp3) is 0.571. The summed E-state index contributed by atoms with van der Waals surface area (Å²) in [4.78, 5) is 2.36. The van der Waals surface area contributed by atoms with Crippen molar-refractivity contribution in [3.63, 3.8) is 0 Å². The van der Waals surface area contributed by atoms with Gasteiger partial charge in [-0.15, -0.1) is 0 Å². The molecule has 0 aromatic heterocycles. The lowest BCUT2D eigenvalue weighted by Crippen LogP contribution is -2.39. The maximum atomic E-state index is 9.96. The normalized spacial score (nSPS) is 18.9. The molecule has 1 aliphatic heterocycles. The molecule has 0 saturated carbocycles. The predicted octanol–water partition coefficient (Wildman–Crippen LogP) is 1.95. The molecular formula is C14H22N2O. The van der Waals surface area contributed by atoms with Crippen molar-refractivity contribution in [2.75, 3.05) is 31.5 Å². The van der Waals surface area contributed by atoms with Gasteiger partial charge in [-0.05, 0) is 38.1 Å². The summed E-state index contributed by atoms with van der Waals surface area (Å²) in [6.45, 7) is 3.70. The van der Waals surface area contributed by atoms with Crippen molar-refractivity contribution in [2.45, 2.75) is 25.4 Å². The maximum Gasteiger partial charge on any atom is 0.0839 e. The summed E-state index contributed by atoms with van der Waals surface area (Å²) in [5, 5.41) is 13.2. The third-order valence-corrected chi connectivity index (χ3v) is 3.23. The SMILES string of the molecule is O[C@H](CNc1ccccc1)CN1CCCCC1. The lowest BCUT2D eigenvalue weighted by atomic mass is 10.1. The molecule has 0 radical (unpaired) electrons. The highest BCUT2D eigenvalue weighted by molar-refractivity contribution is 5.42. The van der Waals surface area contributed by atoms with Crippen molar-refractivity contribution in [3.8, 4) is 0 Å². The standard InChI is InChI=1S/C14H22N2O/c17-14(12-16-9-5-2-6-10-16)11-15-13-7-3-1-4-8-13/h1,3-4,7-8,14-15,17H,2,5-6,9-12H2/t14-/m1/s1. The number of piperidine rings is 1. The molecule has 94 valence electrons. The number of hydrogen-bond acceptors (Lipinski definition) is 3. The summed E-state index contributed by atoms with van der Waals surface area (Å²) in [6.07, 6.45) is 3.61. The smallest absolute Gasteiger partial charge is 0.0839 e. The van der Waals surface area contributed by atoms with Crippen molar-refractivity contribution in [1.29, 1.82) is 0 Å². The van der Waals surface area contributed by atoms with Crippen LogP contribution in [0.15, 0.2) is 30.3 Å². The molecule has 0 bridgehead atoms. The Kier molecular flexibility index (Phi) is 4.83. The number of rotatable bonds is 5. The van der Waals surface area contributed by atoms with E-state index in [9.17, 15) is 5.11 Å². The van der Waals surface area contributed by atoms with Gasteiger partial charge in [0.1, 0.15) is 0 Å². The van der Waals surface area contributed by atoms with Gasteiger partial charge in [-0.3, -0.25) is 0 Å². The molecule has 17 heavy (non-hydrogen) atoms. The Labute approximate surface area is 103 Å². The van der Waals surface area contributed by atoms with E-state index in [-0.39, 0.29) is 6.10 Å². The molecule has 1 aliphatic rings. The minimum atomic E-state index is -0.284. The highest BCUT2D eigenvalue weighted by Gasteiger charge is 2.14. The molecule has 0 amide bonds. The van der Waals surface area contributed by atoms with Gasteiger partial charge in [-0.2, -0.15) is 0 Å². The minimum absolute atomic E-state index is 0.284. The van der Waals surface area contributed by atoms with Crippen molar-refractivity contribution in [1.82, 2.24) is 4.90 Å². The zero-order valence-corrected chi connectivity index (χ0v) is 10.3. The summed E-state index contributed by atoms with van der Waals surface area (Å²) in [5.74, 6) is 0. The van der Waals surface area contributed by atoms with E-state index in [1.165, 1.54) is 19.3 Å². The highest BCUT2D eigenvalue weighted by atomic mass is 16.3. The minimum Gasteiger partial charge on any atom is -0.390 e. The van der Waals surface area contributed by atoms with Gasteiger partial charge in [0.15, 0.2) is 0 Å². The monoisotopic (exact) mass is 234 g/mol. The lowest BCUT2D eigenvalue weighted by molar-refractivity contribution is 0.110. The van der Waals surface area contributed by atoms with Gasteiger partial charge in [-0.1, -0.05) is 24.6 Å². The number of nitrogens with zero attached hydrogens (tertiary/aromatic N) is 1. The summed E-state index contributed by atoms with van der Waals surface area (Å²) in [5.41, 5.74) is 1.07. The second-order valence-corrected chi connectivity index (χ2v) is 4.76. The van der Waals surface area contributed by atoms with E-state index in [0.29, 0.717) is 6.54 Å². The van der Waals surface area contributed by atoms with Gasteiger partial charge >= 0.3 is 0 Å². The number of β-amino-alcohol motifs (C(OH)–C–C–N with tert-alkyl or cyclic N) is 1. The average Bonchev–Trinajstić information content (AvgIpc) is 2.39. The average molecular weight is 234 g/mol. The molecule has 1 heterocycles. The fourth-order valence-electron chi connectivity index (χ4n) is 2.30. The van der Waals surface area contributed by atoms with E-state index in [2.05, 4.69) is 10.2 Å². The lowest BCUT2D eigenvalue weighted by Gasteiger charge is -2.28. The van der Waals surface area contributed by atoms with Crippen LogP contribution in [0.5, 0.6) is 0 Å². The number of likely N-dealkylation sites (tertiary alicyclic amines) is 1. The summed E-state index contributed by atoms with van der Waals surface area (Å²) < 4.78 is 0. The van der Waals surface area contributed by atoms with E-state index >= 15 is 0 Å². The number of aliphatic hydroxyl groups excluding tert-OH is 1. The van der Waals surface area contributed by atoms with Gasteiger partial charge in [0.05, 0.1) is 6.10 Å². The summed E-state index contributed by atoms with van der Waals surface area (Å²) in [7, 11) is 0. The van der Waals surface area contributed by atoms with Crippen LogP contribution >= 0.6 is 0 Å². The number of aliphatic hydroxyl groups is 1. The first kappa shape index (κ1) is 12.4. The second kappa shape index (κ2) is 6.62. The van der Waals surface area contributed by atoms with Gasteiger partial charge in [0, 0.05) is 18.8 Å². The zero-order chi connectivity index (χ0) is 11.9. The number of anilines is 1. The van der Waals surface area contributed by atoms with Crippen LogP contribution in [0.2, 0.25) is 0 Å². The van der Waals surface area contributed by atoms with Crippen LogP contribution in [0.25, 0.3) is 0 Å². The van der Waals surface area contributed by atoms with Crippen molar-refractivity contribution in [2.24, 2.45) is 0 Å². The number of nitrogens with one attached hydrogen (secondary N) is 1. The maximum absolute atomic E-state index is 9.96. The van der Waals surface area contributed by atoms with Crippen LogP contribution in [0.1, 0.15) is 19.3 Å². The number of benzene rings is 1. The Morgan fingerprint density at radius 1 is 1.12 bits per heavy atom. The Bertz CT molecular complexity index is 309. The van der Waals surface area contributed by atoms with Crippen molar-refractivity contribution < 1.29 is 5.11 Å². The highest BCUT2D eigenvalue weighted by Crippen LogP contribution is 2.09. The predicted molar refractivity (Wildman–Crippen MR) is 71.2 cm³/mol. The zero-order valence-electron chi connectivity index (χ0n) is 10.3. The Hall–Kier alpha value is -1.06.